The lowest BCUT2D eigenvalue weighted by Gasteiger charge is -2.39. The lowest BCUT2D eigenvalue weighted by atomic mass is 9.67. The number of ether oxygens (including phenoxy) is 1. The number of hydrogen-bond acceptors (Lipinski definition) is 4. The van der Waals surface area contributed by atoms with E-state index < -0.39 is 0 Å². The highest BCUT2D eigenvalue weighted by atomic mass is 16.5. The number of fused-ring (bicyclic) bond motifs is 8. The van der Waals surface area contributed by atoms with Crippen LogP contribution < -0.4 is 0 Å². The largest absolute Gasteiger partial charge is 0.487 e. The average Bonchev–Trinajstić information content (AvgIpc) is 3.44. The van der Waals surface area contributed by atoms with Gasteiger partial charge >= 0.3 is 0 Å². The molecule has 1 N–H and O–H groups in total. The van der Waals surface area contributed by atoms with Crippen LogP contribution >= 0.6 is 0 Å². The van der Waals surface area contributed by atoms with Crippen molar-refractivity contribution in [3.8, 4) is 0 Å². The maximum Gasteiger partial charge on any atom is 0.147 e. The molecule has 0 bridgehead atoms. The minimum Gasteiger partial charge on any atom is -0.487 e. The standard InChI is InChI=1S/C39H36N2O2/c1-24-11-12-26-13-15-28-29-16-14-27(19-20-42)36(31(29)18-17-30(28)33(26)21-24)38-39-37(32-9-5-6-10-34(32)41-39)35(22-40-38)43-23-25-7-3-2-4-8-25/h2-13,15,17-18,22,24,27,36,38,42H,14,16,19-21,23H2,1H3. The lowest BCUT2D eigenvalue weighted by molar-refractivity contribution is 0.218. The number of benzene rings is 4. The third-order valence-corrected chi connectivity index (χ3v) is 9.89. The second-order valence-corrected chi connectivity index (χ2v) is 12.5. The van der Waals surface area contributed by atoms with Crippen molar-refractivity contribution in [3.05, 3.63) is 124 Å². The molecule has 0 spiro atoms. The molecule has 4 aromatic rings. The molecule has 43 heavy (non-hydrogen) atoms. The summed E-state index contributed by atoms with van der Waals surface area (Å²) in [4.78, 5) is 10.5. The number of aryl methyl sites for hydroxylation is 1. The first-order valence-corrected chi connectivity index (χ1v) is 15.7. The molecule has 0 fully saturated rings. The van der Waals surface area contributed by atoms with E-state index in [0.29, 0.717) is 18.4 Å². The van der Waals surface area contributed by atoms with E-state index in [9.17, 15) is 5.11 Å². The monoisotopic (exact) mass is 564 g/mol. The smallest absolute Gasteiger partial charge is 0.147 e. The number of aliphatic imine (C=N–C) groups is 2. The van der Waals surface area contributed by atoms with E-state index in [4.69, 9.17) is 14.7 Å². The third kappa shape index (κ3) is 4.47. The van der Waals surface area contributed by atoms with Gasteiger partial charge < -0.3 is 9.84 Å². The fourth-order valence-corrected chi connectivity index (χ4v) is 7.85. The van der Waals surface area contributed by atoms with Crippen molar-refractivity contribution in [2.75, 3.05) is 6.61 Å². The van der Waals surface area contributed by atoms with Crippen molar-refractivity contribution >= 4 is 40.0 Å². The molecule has 4 atom stereocenters. The molecular weight excluding hydrogens is 528 g/mol. The molecule has 4 aliphatic rings. The molecule has 0 radical (unpaired) electrons. The molecule has 4 heteroatoms. The quantitative estimate of drug-likeness (QED) is 0.256. The highest BCUT2D eigenvalue weighted by Gasteiger charge is 2.43. The first-order chi connectivity index (χ1) is 21.2. The van der Waals surface area contributed by atoms with Gasteiger partial charge in [-0.3, -0.25) is 4.99 Å². The number of dihydropyridines is 1. The first-order valence-electron chi connectivity index (χ1n) is 15.7. The molecule has 4 aromatic carbocycles. The zero-order chi connectivity index (χ0) is 28.9. The lowest BCUT2D eigenvalue weighted by Crippen LogP contribution is -2.37. The van der Waals surface area contributed by atoms with E-state index in [1.54, 1.807) is 0 Å². The van der Waals surface area contributed by atoms with E-state index >= 15 is 0 Å². The van der Waals surface area contributed by atoms with Crippen LogP contribution in [0.4, 0.5) is 5.69 Å². The van der Waals surface area contributed by atoms with Crippen molar-refractivity contribution in [1.82, 2.24) is 0 Å². The molecule has 4 nitrogen and oxygen atoms in total. The number of aliphatic hydroxyl groups is 1. The summed E-state index contributed by atoms with van der Waals surface area (Å²) in [5, 5.41) is 12.9. The first kappa shape index (κ1) is 26.4. The number of aliphatic hydroxyl groups excluding tert-OH is 1. The van der Waals surface area contributed by atoms with Gasteiger partial charge in [-0.05, 0) is 82.2 Å². The molecule has 8 rings (SSSR count). The Bertz CT molecular complexity index is 1850. The maximum absolute atomic E-state index is 10.2. The SMILES string of the molecule is CC1C=Cc2ccc3c4c(ccc3c2C1)C(C1N=CC(OCc2ccccc2)=C2C1=Nc1ccccc12)C(CCO)CC4. The van der Waals surface area contributed by atoms with E-state index in [-0.39, 0.29) is 18.6 Å². The third-order valence-electron chi connectivity index (χ3n) is 9.89. The molecule has 0 aromatic heterocycles. The van der Waals surface area contributed by atoms with Crippen molar-refractivity contribution in [1.29, 1.82) is 0 Å². The Balaban J connectivity index is 1.23. The Morgan fingerprint density at radius 3 is 2.60 bits per heavy atom. The molecule has 2 aliphatic heterocycles. The highest BCUT2D eigenvalue weighted by molar-refractivity contribution is 6.35. The molecule has 0 saturated carbocycles. The van der Waals surface area contributed by atoms with E-state index in [1.165, 1.54) is 33.0 Å². The summed E-state index contributed by atoms with van der Waals surface area (Å²) >= 11 is 0. The van der Waals surface area contributed by atoms with Crippen molar-refractivity contribution in [2.24, 2.45) is 21.8 Å². The van der Waals surface area contributed by atoms with E-state index in [1.807, 2.05) is 24.4 Å². The second-order valence-electron chi connectivity index (χ2n) is 12.5. The molecule has 214 valence electrons. The zero-order valence-corrected chi connectivity index (χ0v) is 24.5. The van der Waals surface area contributed by atoms with Gasteiger partial charge in [-0.15, -0.1) is 0 Å². The van der Waals surface area contributed by atoms with Crippen molar-refractivity contribution < 1.29 is 9.84 Å². The number of rotatable bonds is 6. The van der Waals surface area contributed by atoms with Crippen LogP contribution in [0, 0.1) is 11.8 Å². The van der Waals surface area contributed by atoms with Gasteiger partial charge in [-0.1, -0.05) is 91.9 Å². The van der Waals surface area contributed by atoms with Crippen LogP contribution in [-0.4, -0.2) is 29.7 Å². The van der Waals surface area contributed by atoms with Gasteiger partial charge in [0.05, 0.1) is 29.2 Å². The summed E-state index contributed by atoms with van der Waals surface area (Å²) < 4.78 is 6.44. The number of hydrogen-bond donors (Lipinski definition) is 1. The summed E-state index contributed by atoms with van der Waals surface area (Å²) in [5.41, 5.74) is 10.9. The van der Waals surface area contributed by atoms with Crippen LogP contribution in [0.15, 0.2) is 101 Å². The predicted molar refractivity (Wildman–Crippen MR) is 176 cm³/mol. The Hall–Kier alpha value is -4.28. The van der Waals surface area contributed by atoms with Crippen LogP contribution in [-0.2, 0) is 24.2 Å². The van der Waals surface area contributed by atoms with Gasteiger partial charge in [-0.25, -0.2) is 4.99 Å². The Morgan fingerprint density at radius 1 is 0.907 bits per heavy atom. The van der Waals surface area contributed by atoms with Gasteiger partial charge in [0.25, 0.3) is 0 Å². The summed E-state index contributed by atoms with van der Waals surface area (Å²) in [6.45, 7) is 2.96. The molecule has 0 amide bonds. The molecule has 4 unspecified atom stereocenters. The Labute approximate surface area is 253 Å². The number of allylic oxidation sites excluding steroid dienone is 2. The van der Waals surface area contributed by atoms with Crippen LogP contribution in [0.2, 0.25) is 0 Å². The summed E-state index contributed by atoms with van der Waals surface area (Å²) in [6.07, 6.45) is 10.5. The van der Waals surface area contributed by atoms with Crippen LogP contribution in [0.1, 0.15) is 59.1 Å². The summed E-state index contributed by atoms with van der Waals surface area (Å²) in [7, 11) is 0. The predicted octanol–water partition coefficient (Wildman–Crippen LogP) is 8.24. The van der Waals surface area contributed by atoms with E-state index in [2.05, 4.69) is 79.7 Å². The Morgan fingerprint density at radius 2 is 1.72 bits per heavy atom. The number of para-hydroxylation sites is 1. The zero-order valence-electron chi connectivity index (χ0n) is 24.5. The molecule has 0 saturated heterocycles. The minimum atomic E-state index is -0.139. The van der Waals surface area contributed by atoms with Crippen LogP contribution in [0.5, 0.6) is 0 Å². The van der Waals surface area contributed by atoms with Crippen LogP contribution in [0.25, 0.3) is 22.4 Å². The van der Waals surface area contributed by atoms with Gasteiger partial charge in [0.15, 0.2) is 0 Å². The van der Waals surface area contributed by atoms with Gasteiger partial charge in [0.1, 0.15) is 12.4 Å². The molecule has 2 heterocycles. The molecular formula is C39H36N2O2. The normalized spacial score (nSPS) is 23.4. The van der Waals surface area contributed by atoms with E-state index in [0.717, 1.165) is 59.5 Å². The van der Waals surface area contributed by atoms with Crippen molar-refractivity contribution in [2.45, 2.75) is 51.2 Å². The van der Waals surface area contributed by atoms with Gasteiger partial charge in [0.2, 0.25) is 0 Å². The van der Waals surface area contributed by atoms with Gasteiger partial charge in [0, 0.05) is 18.1 Å². The summed E-state index contributed by atoms with van der Waals surface area (Å²) in [6, 6.07) is 27.9. The minimum absolute atomic E-state index is 0.130. The fraction of sp³-hybridized carbons (Fsp3) is 0.282. The highest BCUT2D eigenvalue weighted by Crippen LogP contribution is 2.49. The average molecular weight is 565 g/mol. The van der Waals surface area contributed by atoms with Crippen LogP contribution in [0.3, 0.4) is 0 Å². The topological polar surface area (TPSA) is 54.2 Å². The van der Waals surface area contributed by atoms with Gasteiger partial charge in [-0.2, -0.15) is 0 Å². The Kier molecular flexibility index (Phi) is 6.60. The number of nitrogens with zero attached hydrogens (tertiary/aromatic N) is 2. The molecule has 2 aliphatic carbocycles. The second kappa shape index (κ2) is 10.8. The maximum atomic E-state index is 10.2. The summed E-state index contributed by atoms with van der Waals surface area (Å²) in [5.74, 6) is 1.78. The fourth-order valence-electron chi connectivity index (χ4n) is 7.85. The van der Waals surface area contributed by atoms with Crippen molar-refractivity contribution in [3.63, 3.8) is 0 Å².